The minimum absolute atomic E-state index is 0.832. The van der Waals surface area contributed by atoms with Crippen LogP contribution in [0.3, 0.4) is 0 Å². The first-order chi connectivity index (χ1) is 10.4. The van der Waals surface area contributed by atoms with Gasteiger partial charge in [0.15, 0.2) is 0 Å². The zero-order valence-corrected chi connectivity index (χ0v) is 11.4. The van der Waals surface area contributed by atoms with Gasteiger partial charge in [0.25, 0.3) is 0 Å². The maximum atomic E-state index is 4.51. The molecule has 21 heavy (non-hydrogen) atoms. The van der Waals surface area contributed by atoms with Gasteiger partial charge >= 0.3 is 0 Å². The minimum atomic E-state index is 0.832. The summed E-state index contributed by atoms with van der Waals surface area (Å²) in [6, 6.07) is 18.6. The van der Waals surface area contributed by atoms with E-state index in [9.17, 15) is 0 Å². The number of aromatic nitrogens is 4. The summed E-state index contributed by atoms with van der Waals surface area (Å²) in [5.74, 6) is 0. The van der Waals surface area contributed by atoms with Crippen molar-refractivity contribution >= 4 is 11.0 Å². The molecule has 0 aliphatic carbocycles. The summed E-state index contributed by atoms with van der Waals surface area (Å²) in [5.41, 5.74) is 4.42. The second-order valence-corrected chi connectivity index (χ2v) is 4.98. The smallest absolute Gasteiger partial charge is 0.0961 e. The Morgan fingerprint density at radius 3 is 2.67 bits per heavy atom. The molecule has 0 aliphatic heterocycles. The van der Waals surface area contributed by atoms with E-state index in [1.54, 1.807) is 6.20 Å². The number of rotatable bonds is 3. The van der Waals surface area contributed by atoms with Gasteiger partial charge in [0.05, 0.1) is 23.0 Å². The molecule has 0 spiro atoms. The van der Waals surface area contributed by atoms with Gasteiger partial charge in [0.2, 0.25) is 0 Å². The molecule has 0 aliphatic rings. The molecule has 2 heterocycles. The van der Waals surface area contributed by atoms with Gasteiger partial charge in [-0.3, -0.25) is 0 Å². The van der Waals surface area contributed by atoms with Crippen molar-refractivity contribution in [3.63, 3.8) is 0 Å². The third-order valence-corrected chi connectivity index (χ3v) is 3.57. The van der Waals surface area contributed by atoms with Gasteiger partial charge in [-0.1, -0.05) is 30.3 Å². The van der Waals surface area contributed by atoms with Crippen LogP contribution in [0.1, 0.15) is 5.56 Å². The third-order valence-electron chi connectivity index (χ3n) is 3.57. The topological polar surface area (TPSA) is 35.6 Å². The molecule has 0 radical (unpaired) electrons. The lowest BCUT2D eigenvalue weighted by Crippen LogP contribution is -1.98. The lowest BCUT2D eigenvalue weighted by atomic mass is 10.2. The summed E-state index contributed by atoms with van der Waals surface area (Å²) in [5, 5.41) is 4.25. The van der Waals surface area contributed by atoms with E-state index in [2.05, 4.69) is 57.1 Å². The van der Waals surface area contributed by atoms with Crippen LogP contribution in [0, 0.1) is 0 Å². The highest BCUT2D eigenvalue weighted by Crippen LogP contribution is 2.18. The molecule has 102 valence electrons. The fraction of sp³-hybridized carbons (Fsp3) is 0.0588. The Bertz CT molecular complexity index is 860. The Morgan fingerprint density at radius 1 is 0.952 bits per heavy atom. The molecule has 4 rings (SSSR count). The largest absolute Gasteiger partial charge is 0.326 e. The summed E-state index contributed by atoms with van der Waals surface area (Å²) in [4.78, 5) is 4.51. The van der Waals surface area contributed by atoms with Gasteiger partial charge < -0.3 is 4.57 Å². The molecule has 2 aromatic carbocycles. The summed E-state index contributed by atoms with van der Waals surface area (Å²) in [6.07, 6.45) is 5.60. The number of hydrogen-bond donors (Lipinski definition) is 0. The lowest BCUT2D eigenvalue weighted by Gasteiger charge is -2.05. The second kappa shape index (κ2) is 4.90. The summed E-state index contributed by atoms with van der Waals surface area (Å²) < 4.78 is 4.01. The summed E-state index contributed by atoms with van der Waals surface area (Å²) in [7, 11) is 0. The molecular weight excluding hydrogens is 260 g/mol. The molecule has 0 atom stereocenters. The van der Waals surface area contributed by atoms with E-state index >= 15 is 0 Å². The highest BCUT2D eigenvalue weighted by molar-refractivity contribution is 5.77. The molecule has 0 saturated carbocycles. The highest BCUT2D eigenvalue weighted by atomic mass is 15.3. The van der Waals surface area contributed by atoms with Crippen molar-refractivity contribution in [2.75, 3.05) is 0 Å². The van der Waals surface area contributed by atoms with Crippen molar-refractivity contribution in [1.82, 2.24) is 19.3 Å². The molecule has 4 aromatic rings. The predicted octanol–water partition coefficient (Wildman–Crippen LogP) is 3.27. The zero-order valence-electron chi connectivity index (χ0n) is 11.4. The van der Waals surface area contributed by atoms with E-state index in [4.69, 9.17) is 0 Å². The van der Waals surface area contributed by atoms with Crippen molar-refractivity contribution in [2.24, 2.45) is 0 Å². The second-order valence-electron chi connectivity index (χ2n) is 4.98. The third kappa shape index (κ3) is 2.21. The van der Waals surface area contributed by atoms with Crippen LogP contribution in [0.15, 0.2) is 73.3 Å². The van der Waals surface area contributed by atoms with Crippen molar-refractivity contribution in [3.8, 4) is 5.69 Å². The van der Waals surface area contributed by atoms with Crippen LogP contribution in [-0.4, -0.2) is 19.3 Å². The molecule has 4 nitrogen and oxygen atoms in total. The zero-order chi connectivity index (χ0) is 14.1. The number of benzene rings is 2. The summed E-state index contributed by atoms with van der Waals surface area (Å²) >= 11 is 0. The van der Waals surface area contributed by atoms with Crippen LogP contribution in [0.5, 0.6) is 0 Å². The van der Waals surface area contributed by atoms with E-state index in [0.29, 0.717) is 0 Å². The molecule has 0 N–H and O–H groups in total. The van der Waals surface area contributed by atoms with Crippen molar-refractivity contribution < 1.29 is 0 Å². The van der Waals surface area contributed by atoms with Crippen molar-refractivity contribution in [1.29, 1.82) is 0 Å². The molecule has 0 amide bonds. The first kappa shape index (κ1) is 11.9. The Kier molecular flexibility index (Phi) is 2.78. The van der Waals surface area contributed by atoms with E-state index in [1.807, 2.05) is 29.3 Å². The van der Waals surface area contributed by atoms with Crippen LogP contribution >= 0.6 is 0 Å². The number of hydrogen-bond acceptors (Lipinski definition) is 2. The number of nitrogens with zero attached hydrogens (tertiary/aromatic N) is 4. The molecule has 2 aromatic heterocycles. The quantitative estimate of drug-likeness (QED) is 0.575. The van der Waals surface area contributed by atoms with Gasteiger partial charge in [0.1, 0.15) is 0 Å². The Labute approximate surface area is 122 Å². The van der Waals surface area contributed by atoms with Crippen molar-refractivity contribution in [2.45, 2.75) is 6.54 Å². The van der Waals surface area contributed by atoms with Crippen LogP contribution in [0.25, 0.3) is 16.7 Å². The summed E-state index contributed by atoms with van der Waals surface area (Å²) in [6.45, 7) is 0.832. The molecule has 4 heteroatoms. The lowest BCUT2D eigenvalue weighted by molar-refractivity contribution is 0.824. The normalized spacial score (nSPS) is 11.0. The van der Waals surface area contributed by atoms with E-state index < -0.39 is 0 Å². The number of imidazole rings is 1. The van der Waals surface area contributed by atoms with Gasteiger partial charge in [-0.05, 0) is 29.8 Å². The van der Waals surface area contributed by atoms with Crippen LogP contribution in [0.4, 0.5) is 0 Å². The monoisotopic (exact) mass is 274 g/mol. The van der Waals surface area contributed by atoms with Crippen LogP contribution < -0.4 is 0 Å². The maximum absolute atomic E-state index is 4.51. The van der Waals surface area contributed by atoms with Crippen molar-refractivity contribution in [3.05, 3.63) is 78.9 Å². The van der Waals surface area contributed by atoms with E-state index in [1.165, 1.54) is 5.56 Å². The van der Waals surface area contributed by atoms with Gasteiger partial charge in [0, 0.05) is 18.9 Å². The predicted molar refractivity (Wildman–Crippen MR) is 82.4 cm³/mol. The average Bonchev–Trinajstić information content (AvgIpc) is 3.18. The minimum Gasteiger partial charge on any atom is -0.326 e. The molecule has 0 fully saturated rings. The Hall–Kier alpha value is -2.88. The van der Waals surface area contributed by atoms with Gasteiger partial charge in [-0.2, -0.15) is 5.10 Å². The molecule has 0 bridgehead atoms. The first-order valence-electron chi connectivity index (χ1n) is 6.89. The maximum Gasteiger partial charge on any atom is 0.0961 e. The first-order valence-corrected chi connectivity index (χ1v) is 6.89. The standard InChI is InChI=1S/C17H14N4/c1-2-5-14(6-3-1)12-20-13-18-16-11-15(7-8-17(16)20)21-10-4-9-19-21/h1-11,13H,12H2. The fourth-order valence-electron chi connectivity index (χ4n) is 2.52. The SMILES string of the molecule is c1ccc(Cn2cnc3cc(-n4cccn4)ccc32)cc1. The van der Waals surface area contributed by atoms with E-state index in [0.717, 1.165) is 23.3 Å². The fourth-order valence-corrected chi connectivity index (χ4v) is 2.52. The average molecular weight is 274 g/mol. The number of fused-ring (bicyclic) bond motifs is 1. The highest BCUT2D eigenvalue weighted by Gasteiger charge is 2.05. The Morgan fingerprint density at radius 2 is 1.86 bits per heavy atom. The Balaban J connectivity index is 1.72. The molecular formula is C17H14N4. The van der Waals surface area contributed by atoms with E-state index in [-0.39, 0.29) is 0 Å². The van der Waals surface area contributed by atoms with Crippen LogP contribution in [-0.2, 0) is 6.54 Å². The van der Waals surface area contributed by atoms with Gasteiger partial charge in [-0.25, -0.2) is 9.67 Å². The van der Waals surface area contributed by atoms with Gasteiger partial charge in [-0.15, -0.1) is 0 Å². The van der Waals surface area contributed by atoms with Crippen LogP contribution in [0.2, 0.25) is 0 Å². The molecule has 0 saturated heterocycles. The molecule has 0 unspecified atom stereocenters.